The topological polar surface area (TPSA) is 104 Å². The lowest BCUT2D eigenvalue weighted by atomic mass is 9.77. The smallest absolute Gasteiger partial charge is 0.227 e. The van der Waals surface area contributed by atoms with Gasteiger partial charge in [-0.25, -0.2) is 0 Å². The number of carbonyl (C=O) groups is 1. The molecule has 4 N–H and O–H groups in total. The number of nitrogens with zero attached hydrogens (tertiary/aromatic N) is 2. The van der Waals surface area contributed by atoms with Crippen LogP contribution >= 0.6 is 0 Å². The Kier molecular flexibility index (Phi) is 6.07. The zero-order valence-electron chi connectivity index (χ0n) is 17.8. The normalized spacial score (nSPS) is 17.8. The molecule has 7 nitrogen and oxygen atoms in total. The largest absolute Gasteiger partial charge is 0.508 e. The van der Waals surface area contributed by atoms with Crippen LogP contribution in [0.25, 0.3) is 0 Å². The number of aliphatic hydroxyl groups is 1. The minimum Gasteiger partial charge on any atom is -0.508 e. The van der Waals surface area contributed by atoms with Crippen LogP contribution in [0.2, 0.25) is 0 Å². The van der Waals surface area contributed by atoms with Gasteiger partial charge in [0.25, 0.3) is 0 Å². The Balaban J connectivity index is 1.27. The number of benzene rings is 2. The van der Waals surface area contributed by atoms with E-state index in [-0.39, 0.29) is 29.8 Å². The molecule has 0 radical (unpaired) electrons. The number of phenols is 3. The molecule has 0 fully saturated rings. The minimum atomic E-state index is -0.240. The number of hydrogen-bond acceptors (Lipinski definition) is 6. The van der Waals surface area contributed by atoms with Crippen LogP contribution in [0, 0.1) is 0 Å². The van der Waals surface area contributed by atoms with Crippen molar-refractivity contribution in [2.75, 3.05) is 33.2 Å². The summed E-state index contributed by atoms with van der Waals surface area (Å²) in [5.41, 5.74) is 4.53. The average Bonchev–Trinajstić information content (AvgIpc) is 2.87. The highest BCUT2D eigenvalue weighted by molar-refractivity contribution is 5.80. The quantitative estimate of drug-likeness (QED) is 0.504. The number of aromatic hydroxyl groups is 3. The summed E-state index contributed by atoms with van der Waals surface area (Å²) in [4.78, 5) is 16.9. The van der Waals surface area contributed by atoms with E-state index in [2.05, 4.69) is 11.9 Å². The molecule has 2 aromatic rings. The fourth-order valence-electron chi connectivity index (χ4n) is 4.74. The summed E-state index contributed by atoms with van der Waals surface area (Å²) in [5, 5.41) is 38.7. The van der Waals surface area contributed by atoms with Crippen LogP contribution in [-0.4, -0.2) is 69.4 Å². The predicted octanol–water partition coefficient (Wildman–Crippen LogP) is 1.88. The van der Waals surface area contributed by atoms with Crippen LogP contribution in [0.5, 0.6) is 17.2 Å². The predicted molar refractivity (Wildman–Crippen MR) is 116 cm³/mol. The summed E-state index contributed by atoms with van der Waals surface area (Å²) in [6, 6.07) is 6.74. The lowest BCUT2D eigenvalue weighted by Crippen LogP contribution is -2.36. The van der Waals surface area contributed by atoms with E-state index in [0.29, 0.717) is 37.4 Å². The van der Waals surface area contributed by atoms with Crippen molar-refractivity contribution >= 4 is 5.91 Å². The molecule has 2 aliphatic rings. The molecule has 1 aliphatic heterocycles. The number of amides is 1. The summed E-state index contributed by atoms with van der Waals surface area (Å²) >= 11 is 0. The van der Waals surface area contributed by atoms with Crippen molar-refractivity contribution < 1.29 is 25.2 Å². The first-order valence-electron chi connectivity index (χ1n) is 10.8. The Bertz CT molecular complexity index is 990. The van der Waals surface area contributed by atoms with E-state index < -0.39 is 0 Å². The van der Waals surface area contributed by atoms with Crippen molar-refractivity contribution in [3.05, 3.63) is 52.1 Å². The molecule has 0 saturated carbocycles. The lowest BCUT2D eigenvalue weighted by molar-refractivity contribution is -0.130. The van der Waals surface area contributed by atoms with Gasteiger partial charge in [0.2, 0.25) is 5.91 Å². The third kappa shape index (κ3) is 4.48. The zero-order chi connectivity index (χ0) is 22.1. The number of hydrogen-bond donors (Lipinski definition) is 4. The van der Waals surface area contributed by atoms with Gasteiger partial charge in [-0.3, -0.25) is 4.79 Å². The van der Waals surface area contributed by atoms with Crippen molar-refractivity contribution in [1.82, 2.24) is 9.80 Å². The molecule has 1 aliphatic carbocycles. The Morgan fingerprint density at radius 2 is 1.77 bits per heavy atom. The molecule has 7 heteroatoms. The van der Waals surface area contributed by atoms with Gasteiger partial charge in [0, 0.05) is 31.1 Å². The molecule has 1 amide bonds. The van der Waals surface area contributed by atoms with E-state index in [0.717, 1.165) is 48.2 Å². The van der Waals surface area contributed by atoms with Crippen molar-refractivity contribution in [3.8, 4) is 17.2 Å². The van der Waals surface area contributed by atoms with E-state index in [1.165, 1.54) is 0 Å². The molecule has 0 spiro atoms. The maximum atomic E-state index is 12.7. The summed E-state index contributed by atoms with van der Waals surface area (Å²) in [6.07, 6.45) is 2.77. The molecule has 0 unspecified atom stereocenters. The maximum absolute atomic E-state index is 12.7. The van der Waals surface area contributed by atoms with Crippen molar-refractivity contribution in [2.24, 2.45) is 0 Å². The third-order valence-electron chi connectivity index (χ3n) is 6.56. The molecule has 4 rings (SSSR count). The van der Waals surface area contributed by atoms with Crippen LogP contribution in [0.1, 0.15) is 40.2 Å². The first-order chi connectivity index (χ1) is 14.9. The fourth-order valence-corrected chi connectivity index (χ4v) is 4.74. The standard InChI is InChI=1S/C24H30N2O5/c1-25(13-18-8-17-10-22(29)23(30)12-20(17)18)4-2-5-26-6-3-15-9-21(28)19(14-27)7-16(15)11-24(26)31/h7,9-10,12,18,27-30H,2-6,8,11,13-14H2,1H3/t18-/m1/s1. The van der Waals surface area contributed by atoms with Gasteiger partial charge >= 0.3 is 0 Å². The molecule has 2 aromatic carbocycles. The highest BCUT2D eigenvalue weighted by Gasteiger charge is 2.29. The first-order valence-corrected chi connectivity index (χ1v) is 10.8. The second-order valence-corrected chi connectivity index (χ2v) is 8.77. The van der Waals surface area contributed by atoms with Crippen molar-refractivity contribution in [3.63, 3.8) is 0 Å². The second kappa shape index (κ2) is 8.77. The van der Waals surface area contributed by atoms with Gasteiger partial charge in [-0.15, -0.1) is 0 Å². The van der Waals surface area contributed by atoms with Gasteiger partial charge in [-0.2, -0.15) is 0 Å². The highest BCUT2D eigenvalue weighted by atomic mass is 16.3. The van der Waals surface area contributed by atoms with E-state index >= 15 is 0 Å². The van der Waals surface area contributed by atoms with Gasteiger partial charge in [0.1, 0.15) is 5.75 Å². The van der Waals surface area contributed by atoms with Gasteiger partial charge in [0.05, 0.1) is 13.0 Å². The van der Waals surface area contributed by atoms with Crippen LogP contribution in [-0.2, 0) is 30.7 Å². The number of carbonyl (C=O) groups excluding carboxylic acids is 1. The van der Waals surface area contributed by atoms with Gasteiger partial charge in [-0.05, 0) is 79.4 Å². The molecular weight excluding hydrogens is 396 g/mol. The number of rotatable bonds is 7. The Morgan fingerprint density at radius 1 is 1.03 bits per heavy atom. The van der Waals surface area contributed by atoms with Crippen LogP contribution in [0.4, 0.5) is 0 Å². The monoisotopic (exact) mass is 426 g/mol. The van der Waals surface area contributed by atoms with E-state index in [1.807, 2.05) is 4.90 Å². The molecule has 1 heterocycles. The van der Waals surface area contributed by atoms with Gasteiger partial charge < -0.3 is 30.2 Å². The summed E-state index contributed by atoms with van der Waals surface area (Å²) in [6.45, 7) is 2.82. The van der Waals surface area contributed by atoms with E-state index in [9.17, 15) is 25.2 Å². The third-order valence-corrected chi connectivity index (χ3v) is 6.56. The van der Waals surface area contributed by atoms with Gasteiger partial charge in [-0.1, -0.05) is 0 Å². The minimum absolute atomic E-state index is 0.0578. The number of likely N-dealkylation sites (N-methyl/N-ethyl adjacent to an activating group) is 1. The lowest BCUT2D eigenvalue weighted by Gasteiger charge is -2.34. The van der Waals surface area contributed by atoms with E-state index in [4.69, 9.17) is 0 Å². The Labute approximate surface area is 182 Å². The summed E-state index contributed by atoms with van der Waals surface area (Å²) in [5.74, 6) is 0.405. The molecule has 166 valence electrons. The number of fused-ring (bicyclic) bond motifs is 2. The van der Waals surface area contributed by atoms with E-state index in [1.54, 1.807) is 24.3 Å². The van der Waals surface area contributed by atoms with Crippen LogP contribution in [0.15, 0.2) is 24.3 Å². The zero-order valence-corrected chi connectivity index (χ0v) is 17.8. The molecular formula is C24H30N2O5. The maximum Gasteiger partial charge on any atom is 0.227 e. The first kappa shape index (κ1) is 21.5. The van der Waals surface area contributed by atoms with Crippen LogP contribution < -0.4 is 0 Å². The van der Waals surface area contributed by atoms with Crippen molar-refractivity contribution in [2.45, 2.75) is 38.2 Å². The summed E-state index contributed by atoms with van der Waals surface area (Å²) in [7, 11) is 2.07. The Hall–Kier alpha value is -2.77. The molecule has 0 bridgehead atoms. The molecule has 1 atom stereocenters. The van der Waals surface area contributed by atoms with Crippen LogP contribution in [0.3, 0.4) is 0 Å². The van der Waals surface area contributed by atoms with Crippen molar-refractivity contribution in [1.29, 1.82) is 0 Å². The average molecular weight is 427 g/mol. The Morgan fingerprint density at radius 3 is 2.55 bits per heavy atom. The fraction of sp³-hybridized carbons (Fsp3) is 0.458. The summed E-state index contributed by atoms with van der Waals surface area (Å²) < 4.78 is 0. The molecule has 31 heavy (non-hydrogen) atoms. The molecule has 0 saturated heterocycles. The molecule has 0 aromatic heterocycles. The number of phenolic OH excluding ortho intramolecular Hbond substituents is 2. The SMILES string of the molecule is CN(CCCN1CCc2cc(O)c(CO)cc2CC1=O)C[C@H]1Cc2cc(O)c(O)cc21. The second-order valence-electron chi connectivity index (χ2n) is 8.77. The van der Waals surface area contributed by atoms with Gasteiger partial charge in [0.15, 0.2) is 11.5 Å². The number of aliphatic hydroxyl groups excluding tert-OH is 1. The highest BCUT2D eigenvalue weighted by Crippen LogP contribution is 2.41.